The van der Waals surface area contributed by atoms with Crippen LogP contribution in [0.1, 0.15) is 36.0 Å². The van der Waals surface area contributed by atoms with Gasteiger partial charge in [0.2, 0.25) is 0 Å². The molecule has 0 aliphatic rings. The van der Waals surface area contributed by atoms with E-state index in [2.05, 4.69) is 36.3 Å². The van der Waals surface area contributed by atoms with Crippen LogP contribution in [0.25, 0.3) is 0 Å². The molecule has 4 heteroatoms. The van der Waals surface area contributed by atoms with E-state index in [1.165, 1.54) is 10.4 Å². The predicted molar refractivity (Wildman–Crippen MR) is 83.1 cm³/mol. The smallest absolute Gasteiger partial charge is 0.0931 e. The van der Waals surface area contributed by atoms with Gasteiger partial charge in [0.25, 0.3) is 0 Å². The molecule has 102 valence electrons. The van der Waals surface area contributed by atoms with Gasteiger partial charge in [-0.2, -0.15) is 0 Å². The fourth-order valence-electron chi connectivity index (χ4n) is 2.24. The van der Waals surface area contributed by atoms with Gasteiger partial charge in [0.1, 0.15) is 0 Å². The van der Waals surface area contributed by atoms with E-state index in [9.17, 15) is 0 Å². The van der Waals surface area contributed by atoms with Crippen molar-refractivity contribution in [1.29, 1.82) is 0 Å². The Labute approximate surface area is 123 Å². The Balaban J connectivity index is 2.23. The van der Waals surface area contributed by atoms with Crippen molar-refractivity contribution in [1.82, 2.24) is 10.3 Å². The fraction of sp³-hybridized carbons (Fsp3) is 0.400. The highest BCUT2D eigenvalue weighted by Crippen LogP contribution is 2.27. The van der Waals surface area contributed by atoms with E-state index in [1.54, 1.807) is 11.3 Å². The molecule has 0 fully saturated rings. The Morgan fingerprint density at radius 2 is 2.16 bits per heavy atom. The van der Waals surface area contributed by atoms with Crippen molar-refractivity contribution < 1.29 is 0 Å². The Kier molecular flexibility index (Phi) is 5.37. The maximum Gasteiger partial charge on any atom is 0.0931 e. The van der Waals surface area contributed by atoms with Crippen LogP contribution >= 0.6 is 22.9 Å². The van der Waals surface area contributed by atoms with Crippen molar-refractivity contribution in [3.8, 4) is 0 Å². The normalized spacial score (nSPS) is 12.6. The molecule has 2 aromatic rings. The van der Waals surface area contributed by atoms with E-state index in [4.69, 9.17) is 11.6 Å². The molecule has 0 aliphatic heterocycles. The zero-order valence-corrected chi connectivity index (χ0v) is 12.9. The summed E-state index contributed by atoms with van der Waals surface area (Å²) >= 11 is 7.66. The number of hydrogen-bond acceptors (Lipinski definition) is 3. The summed E-state index contributed by atoms with van der Waals surface area (Å²) in [6.45, 7) is 5.23. The molecule has 0 radical (unpaired) electrons. The lowest BCUT2D eigenvalue weighted by Gasteiger charge is -2.19. The molecular weight excluding hydrogens is 276 g/mol. The summed E-state index contributed by atoms with van der Waals surface area (Å²) in [5.41, 5.74) is 2.48. The van der Waals surface area contributed by atoms with E-state index in [0.717, 1.165) is 29.4 Å². The van der Waals surface area contributed by atoms with Gasteiger partial charge in [-0.3, -0.25) is 4.98 Å². The molecule has 1 unspecified atom stereocenters. The van der Waals surface area contributed by atoms with Crippen LogP contribution in [0.3, 0.4) is 0 Å². The van der Waals surface area contributed by atoms with Crippen LogP contribution < -0.4 is 5.32 Å². The molecule has 0 aromatic carbocycles. The number of rotatable bonds is 6. The summed E-state index contributed by atoms with van der Waals surface area (Å²) in [6.07, 6.45) is 3.83. The summed E-state index contributed by atoms with van der Waals surface area (Å²) in [7, 11) is 0. The quantitative estimate of drug-likeness (QED) is 0.861. The zero-order valence-electron chi connectivity index (χ0n) is 11.3. The number of nitrogens with one attached hydrogen (secondary N) is 1. The minimum absolute atomic E-state index is 0.260. The first kappa shape index (κ1) is 14.5. The lowest BCUT2D eigenvalue weighted by atomic mass is 10.0. The van der Waals surface area contributed by atoms with Crippen molar-refractivity contribution >= 4 is 22.9 Å². The number of halogens is 1. The van der Waals surface area contributed by atoms with Crippen molar-refractivity contribution in [3.63, 3.8) is 0 Å². The zero-order chi connectivity index (χ0) is 13.7. The van der Waals surface area contributed by atoms with Gasteiger partial charge < -0.3 is 5.32 Å². The molecule has 2 rings (SSSR count). The van der Waals surface area contributed by atoms with Gasteiger partial charge in [0.15, 0.2) is 0 Å². The summed E-state index contributed by atoms with van der Waals surface area (Å²) in [6, 6.07) is 8.49. The maximum absolute atomic E-state index is 6.01. The summed E-state index contributed by atoms with van der Waals surface area (Å²) < 4.78 is 0.849. The highest BCUT2D eigenvalue weighted by molar-refractivity contribution is 7.16. The van der Waals surface area contributed by atoms with Crippen molar-refractivity contribution in [2.24, 2.45) is 0 Å². The minimum Gasteiger partial charge on any atom is -0.309 e. The van der Waals surface area contributed by atoms with Crippen LogP contribution in [-0.4, -0.2) is 11.5 Å². The van der Waals surface area contributed by atoms with Crippen molar-refractivity contribution in [3.05, 3.63) is 50.9 Å². The monoisotopic (exact) mass is 294 g/mol. The molecule has 0 saturated carbocycles. The van der Waals surface area contributed by atoms with E-state index in [-0.39, 0.29) is 6.04 Å². The van der Waals surface area contributed by atoms with E-state index >= 15 is 0 Å². The molecule has 0 bridgehead atoms. The van der Waals surface area contributed by atoms with Gasteiger partial charge in [0.05, 0.1) is 16.1 Å². The van der Waals surface area contributed by atoms with Crippen LogP contribution in [0.5, 0.6) is 0 Å². The molecule has 0 amide bonds. The number of aryl methyl sites for hydroxylation is 1. The summed E-state index contributed by atoms with van der Waals surface area (Å²) in [5, 5.41) is 3.53. The first-order valence-corrected chi connectivity index (χ1v) is 7.85. The van der Waals surface area contributed by atoms with Gasteiger partial charge in [-0.15, -0.1) is 11.3 Å². The Bertz CT molecular complexity index is 524. The Hall–Kier alpha value is -0.900. The standard InChI is InChI=1S/C15H19ClN2S/c1-3-11-6-5-9-18-15(11)13(17-4-2)10-12-7-8-14(16)19-12/h5-9,13,17H,3-4,10H2,1-2H3. The number of nitrogens with zero attached hydrogens (tertiary/aromatic N) is 1. The molecule has 0 saturated heterocycles. The summed E-state index contributed by atoms with van der Waals surface area (Å²) in [4.78, 5) is 5.88. The number of likely N-dealkylation sites (N-methyl/N-ethyl adjacent to an activating group) is 1. The summed E-state index contributed by atoms with van der Waals surface area (Å²) in [5.74, 6) is 0. The molecule has 0 aliphatic carbocycles. The Morgan fingerprint density at radius 1 is 1.32 bits per heavy atom. The molecular formula is C15H19ClN2S. The van der Waals surface area contributed by atoms with Crippen LogP contribution in [0, 0.1) is 0 Å². The largest absolute Gasteiger partial charge is 0.309 e. The molecule has 2 heterocycles. The number of aromatic nitrogens is 1. The molecule has 2 nitrogen and oxygen atoms in total. The molecule has 19 heavy (non-hydrogen) atoms. The molecule has 2 aromatic heterocycles. The van der Waals surface area contributed by atoms with Gasteiger partial charge in [0, 0.05) is 17.5 Å². The van der Waals surface area contributed by atoms with E-state index in [0.29, 0.717) is 0 Å². The average molecular weight is 295 g/mol. The third-order valence-electron chi connectivity index (χ3n) is 3.12. The highest BCUT2D eigenvalue weighted by Gasteiger charge is 2.16. The minimum atomic E-state index is 0.260. The fourth-order valence-corrected chi connectivity index (χ4v) is 3.37. The van der Waals surface area contributed by atoms with Crippen LogP contribution in [0.2, 0.25) is 4.34 Å². The lowest BCUT2D eigenvalue weighted by molar-refractivity contribution is 0.535. The molecule has 1 N–H and O–H groups in total. The SMILES string of the molecule is CCNC(Cc1ccc(Cl)s1)c1ncccc1CC. The first-order valence-electron chi connectivity index (χ1n) is 6.66. The van der Waals surface area contributed by atoms with E-state index < -0.39 is 0 Å². The number of pyridine rings is 1. The predicted octanol–water partition coefficient (Wildman–Crippen LogP) is 4.25. The number of hydrogen-bond donors (Lipinski definition) is 1. The van der Waals surface area contributed by atoms with Crippen LogP contribution in [0.4, 0.5) is 0 Å². The third-order valence-corrected chi connectivity index (χ3v) is 4.38. The van der Waals surface area contributed by atoms with Gasteiger partial charge in [-0.05, 0) is 36.7 Å². The van der Waals surface area contributed by atoms with Gasteiger partial charge >= 0.3 is 0 Å². The second kappa shape index (κ2) is 7.04. The lowest BCUT2D eigenvalue weighted by Crippen LogP contribution is -2.24. The third kappa shape index (κ3) is 3.78. The average Bonchev–Trinajstić information content (AvgIpc) is 2.84. The maximum atomic E-state index is 6.01. The molecule has 1 atom stereocenters. The van der Waals surface area contributed by atoms with Crippen molar-refractivity contribution in [2.75, 3.05) is 6.54 Å². The van der Waals surface area contributed by atoms with E-state index in [1.807, 2.05) is 18.3 Å². The van der Waals surface area contributed by atoms with Gasteiger partial charge in [-0.1, -0.05) is 31.5 Å². The van der Waals surface area contributed by atoms with Crippen molar-refractivity contribution in [2.45, 2.75) is 32.7 Å². The number of thiophene rings is 1. The van der Waals surface area contributed by atoms with Gasteiger partial charge in [-0.25, -0.2) is 0 Å². The Morgan fingerprint density at radius 3 is 2.79 bits per heavy atom. The highest BCUT2D eigenvalue weighted by atomic mass is 35.5. The second-order valence-electron chi connectivity index (χ2n) is 4.42. The topological polar surface area (TPSA) is 24.9 Å². The first-order chi connectivity index (χ1) is 9.24. The molecule has 0 spiro atoms. The second-order valence-corrected chi connectivity index (χ2v) is 6.22. The van der Waals surface area contributed by atoms with Crippen LogP contribution in [-0.2, 0) is 12.8 Å². The van der Waals surface area contributed by atoms with Crippen LogP contribution in [0.15, 0.2) is 30.5 Å².